The van der Waals surface area contributed by atoms with Crippen molar-refractivity contribution in [2.45, 2.75) is 26.1 Å². The van der Waals surface area contributed by atoms with Crippen molar-refractivity contribution >= 4 is 11.6 Å². The fraction of sp³-hybridized carbons (Fsp3) is 0.286. The maximum absolute atomic E-state index is 5.80. The Bertz CT molecular complexity index is 506. The zero-order valence-corrected chi connectivity index (χ0v) is 10.8. The molecule has 1 heterocycles. The Morgan fingerprint density at radius 3 is 2.41 bits per heavy atom. The molecule has 0 bridgehead atoms. The van der Waals surface area contributed by atoms with E-state index in [1.165, 1.54) is 11.1 Å². The van der Waals surface area contributed by atoms with Crippen LogP contribution in [-0.4, -0.2) is 9.97 Å². The number of aromatic nitrogens is 2. The minimum atomic E-state index is 0.435. The molecule has 2 nitrogen and oxygen atoms in total. The van der Waals surface area contributed by atoms with E-state index in [1.54, 1.807) is 0 Å². The molecular weight excluding hydrogens is 232 g/mol. The van der Waals surface area contributed by atoms with Crippen molar-refractivity contribution in [1.82, 2.24) is 9.97 Å². The predicted octanol–water partition coefficient (Wildman–Crippen LogP) is 3.42. The number of halogens is 1. The molecule has 0 saturated heterocycles. The van der Waals surface area contributed by atoms with Crippen LogP contribution in [-0.2, 0) is 12.3 Å². The lowest BCUT2D eigenvalue weighted by atomic mass is 10.1. The van der Waals surface area contributed by atoms with Gasteiger partial charge in [-0.15, -0.1) is 11.6 Å². The fourth-order valence-corrected chi connectivity index (χ4v) is 1.87. The Kier molecular flexibility index (Phi) is 3.75. The highest BCUT2D eigenvalue weighted by molar-refractivity contribution is 6.16. The van der Waals surface area contributed by atoms with Crippen LogP contribution in [0.1, 0.15) is 28.3 Å². The molecule has 0 unspecified atom stereocenters. The van der Waals surface area contributed by atoms with Gasteiger partial charge in [-0.3, -0.25) is 0 Å². The second-order valence-electron chi connectivity index (χ2n) is 4.21. The van der Waals surface area contributed by atoms with E-state index in [0.29, 0.717) is 5.88 Å². The molecule has 88 valence electrons. The van der Waals surface area contributed by atoms with Crippen LogP contribution in [0, 0.1) is 13.8 Å². The van der Waals surface area contributed by atoms with Crippen molar-refractivity contribution in [3.05, 3.63) is 58.7 Å². The summed E-state index contributed by atoms with van der Waals surface area (Å²) in [5.41, 5.74) is 4.35. The SMILES string of the molecule is Cc1ccc(Cc2nc(C)cc(CCl)n2)cc1. The summed E-state index contributed by atoms with van der Waals surface area (Å²) in [5, 5.41) is 0. The van der Waals surface area contributed by atoms with Gasteiger partial charge in [-0.25, -0.2) is 9.97 Å². The predicted molar refractivity (Wildman–Crippen MR) is 70.3 cm³/mol. The van der Waals surface area contributed by atoms with Crippen molar-refractivity contribution in [3.8, 4) is 0 Å². The van der Waals surface area contributed by atoms with Crippen LogP contribution in [0.3, 0.4) is 0 Å². The fourth-order valence-electron chi connectivity index (χ4n) is 1.74. The molecule has 17 heavy (non-hydrogen) atoms. The van der Waals surface area contributed by atoms with Gasteiger partial charge in [0.05, 0.1) is 11.6 Å². The van der Waals surface area contributed by atoms with Crippen molar-refractivity contribution in [3.63, 3.8) is 0 Å². The molecule has 0 fully saturated rings. The lowest BCUT2D eigenvalue weighted by molar-refractivity contribution is 0.912. The minimum absolute atomic E-state index is 0.435. The Morgan fingerprint density at radius 2 is 1.76 bits per heavy atom. The minimum Gasteiger partial charge on any atom is -0.238 e. The van der Waals surface area contributed by atoms with Crippen LogP contribution in [0.2, 0.25) is 0 Å². The third kappa shape index (κ3) is 3.27. The number of hydrogen-bond acceptors (Lipinski definition) is 2. The number of aryl methyl sites for hydroxylation is 2. The van der Waals surface area contributed by atoms with Gasteiger partial charge in [-0.2, -0.15) is 0 Å². The first-order chi connectivity index (χ1) is 8.17. The zero-order valence-electron chi connectivity index (χ0n) is 10.1. The molecule has 0 saturated carbocycles. The molecule has 0 aliphatic rings. The number of alkyl halides is 1. The molecule has 1 aromatic carbocycles. The molecule has 0 atom stereocenters. The Balaban J connectivity index is 2.23. The molecule has 0 amide bonds. The first-order valence-corrected chi connectivity index (χ1v) is 6.16. The van der Waals surface area contributed by atoms with Gasteiger partial charge in [0.2, 0.25) is 0 Å². The Hall–Kier alpha value is -1.41. The summed E-state index contributed by atoms with van der Waals surface area (Å²) in [7, 11) is 0. The van der Waals surface area contributed by atoms with Crippen molar-refractivity contribution in [1.29, 1.82) is 0 Å². The molecule has 0 N–H and O–H groups in total. The largest absolute Gasteiger partial charge is 0.238 e. The van der Waals surface area contributed by atoms with Crippen molar-refractivity contribution < 1.29 is 0 Å². The number of rotatable bonds is 3. The number of hydrogen-bond donors (Lipinski definition) is 0. The summed E-state index contributed by atoms with van der Waals surface area (Å²) < 4.78 is 0. The van der Waals surface area contributed by atoms with E-state index >= 15 is 0 Å². The lowest BCUT2D eigenvalue weighted by Crippen LogP contribution is -2.01. The highest BCUT2D eigenvalue weighted by Gasteiger charge is 2.03. The third-order valence-corrected chi connectivity index (χ3v) is 2.85. The standard InChI is InChI=1S/C14H15ClN2/c1-10-3-5-12(6-4-10)8-14-16-11(2)7-13(9-15)17-14/h3-7H,8-9H2,1-2H3. The van der Waals surface area contributed by atoms with Gasteiger partial charge < -0.3 is 0 Å². The van der Waals surface area contributed by atoms with E-state index < -0.39 is 0 Å². The van der Waals surface area contributed by atoms with E-state index in [-0.39, 0.29) is 0 Å². The first kappa shape index (κ1) is 12.1. The molecule has 0 spiro atoms. The van der Waals surface area contributed by atoms with Crippen molar-refractivity contribution in [2.24, 2.45) is 0 Å². The monoisotopic (exact) mass is 246 g/mol. The number of nitrogens with zero attached hydrogens (tertiary/aromatic N) is 2. The van der Waals surface area contributed by atoms with Gasteiger partial charge in [0.15, 0.2) is 0 Å². The van der Waals surface area contributed by atoms with Gasteiger partial charge in [0.1, 0.15) is 5.82 Å². The molecule has 1 aromatic heterocycles. The molecule has 2 rings (SSSR count). The topological polar surface area (TPSA) is 25.8 Å². The summed E-state index contributed by atoms with van der Waals surface area (Å²) in [6, 6.07) is 10.4. The smallest absolute Gasteiger partial charge is 0.133 e. The third-order valence-electron chi connectivity index (χ3n) is 2.57. The Labute approximate surface area is 107 Å². The molecule has 0 aliphatic carbocycles. The molecular formula is C14H15ClN2. The van der Waals surface area contributed by atoms with E-state index in [2.05, 4.69) is 41.2 Å². The first-order valence-electron chi connectivity index (χ1n) is 5.62. The highest BCUT2D eigenvalue weighted by atomic mass is 35.5. The van der Waals surface area contributed by atoms with Gasteiger partial charge in [-0.05, 0) is 25.5 Å². The summed E-state index contributed by atoms with van der Waals surface area (Å²) in [6.45, 7) is 4.05. The van der Waals surface area contributed by atoms with Gasteiger partial charge in [-0.1, -0.05) is 29.8 Å². The second-order valence-corrected chi connectivity index (χ2v) is 4.48. The maximum Gasteiger partial charge on any atom is 0.133 e. The average Bonchev–Trinajstić information content (AvgIpc) is 2.31. The van der Waals surface area contributed by atoms with E-state index in [4.69, 9.17) is 11.6 Å². The summed E-state index contributed by atoms with van der Waals surface area (Å²) in [5.74, 6) is 1.27. The zero-order chi connectivity index (χ0) is 12.3. The molecule has 3 heteroatoms. The van der Waals surface area contributed by atoms with E-state index in [0.717, 1.165) is 23.6 Å². The molecule has 2 aromatic rings. The Morgan fingerprint density at radius 1 is 1.06 bits per heavy atom. The van der Waals surface area contributed by atoms with Crippen LogP contribution in [0.15, 0.2) is 30.3 Å². The van der Waals surface area contributed by atoms with Crippen molar-refractivity contribution in [2.75, 3.05) is 0 Å². The molecule has 0 aliphatic heterocycles. The van der Waals surface area contributed by atoms with Crippen LogP contribution < -0.4 is 0 Å². The second kappa shape index (κ2) is 5.28. The number of benzene rings is 1. The summed E-state index contributed by atoms with van der Waals surface area (Å²) >= 11 is 5.80. The van der Waals surface area contributed by atoms with E-state index in [1.807, 2.05) is 13.0 Å². The van der Waals surface area contributed by atoms with E-state index in [9.17, 15) is 0 Å². The van der Waals surface area contributed by atoms with Crippen LogP contribution in [0.25, 0.3) is 0 Å². The van der Waals surface area contributed by atoms with Crippen LogP contribution in [0.4, 0.5) is 0 Å². The van der Waals surface area contributed by atoms with Crippen LogP contribution in [0.5, 0.6) is 0 Å². The lowest BCUT2D eigenvalue weighted by Gasteiger charge is -2.04. The molecule has 0 radical (unpaired) electrons. The van der Waals surface area contributed by atoms with Gasteiger partial charge in [0, 0.05) is 12.1 Å². The summed E-state index contributed by atoms with van der Waals surface area (Å²) in [4.78, 5) is 8.86. The average molecular weight is 247 g/mol. The maximum atomic E-state index is 5.80. The highest BCUT2D eigenvalue weighted by Crippen LogP contribution is 2.10. The normalized spacial score (nSPS) is 10.5. The quantitative estimate of drug-likeness (QED) is 0.776. The van der Waals surface area contributed by atoms with Crippen LogP contribution >= 0.6 is 11.6 Å². The van der Waals surface area contributed by atoms with Gasteiger partial charge >= 0.3 is 0 Å². The summed E-state index contributed by atoms with van der Waals surface area (Å²) in [6.07, 6.45) is 0.756. The van der Waals surface area contributed by atoms with Gasteiger partial charge in [0.25, 0.3) is 0 Å².